The van der Waals surface area contributed by atoms with Crippen LogP contribution in [-0.4, -0.2) is 83.4 Å². The monoisotopic (exact) mass is 593 g/mol. The van der Waals surface area contributed by atoms with Crippen molar-refractivity contribution >= 4 is 29.1 Å². The number of amides is 2. The van der Waals surface area contributed by atoms with Gasteiger partial charge < -0.3 is 24.9 Å². The van der Waals surface area contributed by atoms with Gasteiger partial charge in [-0.3, -0.25) is 9.59 Å². The first-order chi connectivity index (χ1) is 19.5. The van der Waals surface area contributed by atoms with Crippen LogP contribution in [0.5, 0.6) is 0 Å². The molecule has 41 heavy (non-hydrogen) atoms. The van der Waals surface area contributed by atoms with Gasteiger partial charge in [0.2, 0.25) is 0 Å². The Morgan fingerprint density at radius 2 is 1.41 bits per heavy atom. The molecule has 2 N–H and O–H groups in total. The van der Waals surface area contributed by atoms with Crippen molar-refractivity contribution in [3.8, 4) is 0 Å². The second kappa shape index (κ2) is 11.8. The molecular formula is C30H35ClF3N3O4. The van der Waals surface area contributed by atoms with Crippen molar-refractivity contribution in [2.45, 2.75) is 50.0 Å². The van der Waals surface area contributed by atoms with Crippen LogP contribution in [0.3, 0.4) is 0 Å². The Kier molecular flexibility index (Phi) is 8.55. The number of hydrogen-bond donors (Lipinski definition) is 2. The number of hydrogen-bond acceptors (Lipinski definition) is 5. The van der Waals surface area contributed by atoms with E-state index in [1.54, 1.807) is 17.0 Å². The standard InChI is InChI=1S/C30H35ClF3N3O4/c31-26-18-23(6-7-25(26)27(39)37-17-12-24(38)19-37)35-13-8-20(9-14-35)21-10-15-36(16-11-21)28(40)29(41,30(32,33)34)22-4-2-1-3-5-22/h1-7,18,20-21,24,38,41H,8-17,19H2/t24?,29-/m1/s1. The quantitative estimate of drug-likeness (QED) is 0.535. The number of benzene rings is 2. The van der Waals surface area contributed by atoms with Gasteiger partial charge in [0, 0.05) is 50.5 Å². The number of nitrogens with zero attached hydrogens (tertiary/aromatic N) is 3. The Balaban J connectivity index is 1.15. The van der Waals surface area contributed by atoms with Crippen LogP contribution in [0.1, 0.15) is 48.0 Å². The van der Waals surface area contributed by atoms with Gasteiger partial charge in [0.05, 0.1) is 16.7 Å². The van der Waals surface area contributed by atoms with Crippen molar-refractivity contribution in [3.63, 3.8) is 0 Å². The van der Waals surface area contributed by atoms with E-state index in [0.717, 1.165) is 48.7 Å². The summed E-state index contributed by atoms with van der Waals surface area (Å²) in [6, 6.07) is 12.0. The zero-order valence-electron chi connectivity index (χ0n) is 22.7. The Hall–Kier alpha value is -2.82. The van der Waals surface area contributed by atoms with E-state index < -0.39 is 29.4 Å². The van der Waals surface area contributed by atoms with E-state index in [4.69, 9.17) is 11.6 Å². The van der Waals surface area contributed by atoms with Crippen molar-refractivity contribution in [1.82, 2.24) is 9.80 Å². The maximum absolute atomic E-state index is 14.0. The van der Waals surface area contributed by atoms with Crippen LogP contribution in [-0.2, 0) is 10.4 Å². The van der Waals surface area contributed by atoms with E-state index in [1.807, 2.05) is 6.07 Å². The minimum Gasteiger partial charge on any atom is -0.391 e. The molecule has 3 fully saturated rings. The van der Waals surface area contributed by atoms with Gasteiger partial charge in [-0.1, -0.05) is 41.9 Å². The molecule has 0 radical (unpaired) electrons. The van der Waals surface area contributed by atoms with Crippen LogP contribution in [0, 0.1) is 11.8 Å². The average molecular weight is 594 g/mol. The highest BCUT2D eigenvalue weighted by molar-refractivity contribution is 6.34. The van der Waals surface area contributed by atoms with Crippen molar-refractivity contribution in [3.05, 3.63) is 64.7 Å². The SMILES string of the molecule is O=C(c1ccc(N2CCC(C3CCN(C(=O)[C@](O)(c4ccccc4)C(F)(F)F)CC3)CC2)cc1Cl)N1CCC(O)C1. The molecule has 0 aliphatic carbocycles. The minimum atomic E-state index is -5.14. The van der Waals surface area contributed by atoms with E-state index in [1.165, 1.54) is 18.2 Å². The molecule has 2 amide bonds. The predicted octanol–water partition coefficient (Wildman–Crippen LogP) is 4.45. The first-order valence-electron chi connectivity index (χ1n) is 14.1. The smallest absolute Gasteiger partial charge is 0.391 e. The molecule has 0 saturated carbocycles. The zero-order valence-corrected chi connectivity index (χ0v) is 23.4. The maximum atomic E-state index is 14.0. The molecule has 2 aromatic rings. The number of aliphatic hydroxyl groups excluding tert-OH is 1. The molecule has 3 heterocycles. The normalized spacial score (nSPS) is 22.6. The van der Waals surface area contributed by atoms with Gasteiger partial charge in [0.1, 0.15) is 0 Å². The summed E-state index contributed by atoms with van der Waals surface area (Å²) in [5, 5.41) is 20.8. The molecule has 0 aromatic heterocycles. The third-order valence-electron chi connectivity index (χ3n) is 8.94. The van der Waals surface area contributed by atoms with Crippen molar-refractivity contribution in [1.29, 1.82) is 0 Å². The molecule has 5 rings (SSSR count). The maximum Gasteiger partial charge on any atom is 0.430 e. The number of rotatable bonds is 5. The molecular weight excluding hydrogens is 559 g/mol. The number of alkyl halides is 3. The van der Waals surface area contributed by atoms with Crippen LogP contribution < -0.4 is 4.90 Å². The van der Waals surface area contributed by atoms with Gasteiger partial charge in [-0.15, -0.1) is 0 Å². The largest absolute Gasteiger partial charge is 0.430 e. The number of β-amino-alcohol motifs (C(OH)–C–C–N with tert-alkyl or cyclic N) is 1. The number of carbonyl (C=O) groups is 2. The fourth-order valence-corrected chi connectivity index (χ4v) is 6.75. The van der Waals surface area contributed by atoms with Crippen molar-refractivity contribution in [2.75, 3.05) is 44.2 Å². The van der Waals surface area contributed by atoms with E-state index in [9.17, 15) is 33.0 Å². The highest BCUT2D eigenvalue weighted by Crippen LogP contribution is 2.42. The van der Waals surface area contributed by atoms with Gasteiger partial charge in [-0.25, -0.2) is 0 Å². The summed E-state index contributed by atoms with van der Waals surface area (Å²) in [7, 11) is 0. The zero-order chi connectivity index (χ0) is 29.4. The average Bonchev–Trinajstić information content (AvgIpc) is 3.42. The van der Waals surface area contributed by atoms with Crippen LogP contribution in [0.25, 0.3) is 0 Å². The van der Waals surface area contributed by atoms with Crippen molar-refractivity contribution < 1.29 is 33.0 Å². The topological polar surface area (TPSA) is 84.3 Å². The lowest BCUT2D eigenvalue weighted by molar-refractivity contribution is -0.262. The molecule has 11 heteroatoms. The summed E-state index contributed by atoms with van der Waals surface area (Å²) < 4.78 is 41.9. The number of anilines is 1. The van der Waals surface area contributed by atoms with Gasteiger partial charge in [-0.05, 0) is 62.1 Å². The van der Waals surface area contributed by atoms with Gasteiger partial charge in [0.15, 0.2) is 0 Å². The summed E-state index contributed by atoms with van der Waals surface area (Å²) in [6.07, 6.45) is -2.09. The van der Waals surface area contributed by atoms with Crippen LogP contribution in [0.2, 0.25) is 5.02 Å². The van der Waals surface area contributed by atoms with E-state index >= 15 is 0 Å². The van der Waals surface area contributed by atoms with E-state index in [0.29, 0.717) is 48.9 Å². The number of halogens is 4. The highest BCUT2D eigenvalue weighted by Gasteiger charge is 2.62. The minimum absolute atomic E-state index is 0.175. The van der Waals surface area contributed by atoms with E-state index in [-0.39, 0.29) is 24.9 Å². The van der Waals surface area contributed by atoms with Crippen LogP contribution in [0.15, 0.2) is 48.5 Å². The Labute approximate surface area is 242 Å². The van der Waals surface area contributed by atoms with Crippen LogP contribution in [0.4, 0.5) is 18.9 Å². The lowest BCUT2D eigenvalue weighted by Crippen LogP contribution is -2.57. The molecule has 3 saturated heterocycles. The highest BCUT2D eigenvalue weighted by atomic mass is 35.5. The third kappa shape index (κ3) is 5.92. The summed E-state index contributed by atoms with van der Waals surface area (Å²) in [6.45, 7) is 2.74. The van der Waals surface area contributed by atoms with Crippen LogP contribution >= 0.6 is 11.6 Å². The number of carbonyl (C=O) groups excluding carboxylic acids is 2. The summed E-state index contributed by atoms with van der Waals surface area (Å²) in [5.41, 5.74) is -2.69. The third-order valence-corrected chi connectivity index (χ3v) is 9.26. The molecule has 3 aliphatic rings. The lowest BCUT2D eigenvalue weighted by Gasteiger charge is -2.42. The first-order valence-corrected chi connectivity index (χ1v) is 14.5. The first kappa shape index (κ1) is 29.7. The second-order valence-corrected chi connectivity index (χ2v) is 11.8. The number of likely N-dealkylation sites (tertiary alicyclic amines) is 2. The number of piperidine rings is 2. The summed E-state index contributed by atoms with van der Waals surface area (Å²) in [5.74, 6) is -0.823. The molecule has 7 nitrogen and oxygen atoms in total. The molecule has 3 aliphatic heterocycles. The van der Waals surface area contributed by atoms with Crippen molar-refractivity contribution in [2.24, 2.45) is 11.8 Å². The summed E-state index contributed by atoms with van der Waals surface area (Å²) in [4.78, 5) is 30.8. The predicted molar refractivity (Wildman–Crippen MR) is 149 cm³/mol. The fraction of sp³-hybridized carbons (Fsp3) is 0.533. The molecule has 0 spiro atoms. The van der Waals surface area contributed by atoms with E-state index in [2.05, 4.69) is 4.90 Å². The fourth-order valence-electron chi connectivity index (χ4n) is 6.49. The molecule has 2 aromatic carbocycles. The molecule has 1 unspecified atom stereocenters. The Bertz CT molecular complexity index is 1250. The molecule has 0 bridgehead atoms. The number of aliphatic hydroxyl groups is 2. The Morgan fingerprint density at radius 1 is 0.829 bits per heavy atom. The summed E-state index contributed by atoms with van der Waals surface area (Å²) >= 11 is 6.49. The second-order valence-electron chi connectivity index (χ2n) is 11.4. The lowest BCUT2D eigenvalue weighted by atomic mass is 9.78. The Morgan fingerprint density at radius 3 is 1.95 bits per heavy atom. The molecule has 222 valence electrons. The van der Waals surface area contributed by atoms with Gasteiger partial charge >= 0.3 is 6.18 Å². The van der Waals surface area contributed by atoms with Gasteiger partial charge in [-0.2, -0.15) is 13.2 Å². The molecule has 2 atom stereocenters. The van der Waals surface area contributed by atoms with Gasteiger partial charge in [0.25, 0.3) is 17.4 Å².